The summed E-state index contributed by atoms with van der Waals surface area (Å²) >= 11 is 0. The Morgan fingerprint density at radius 2 is 1.86 bits per heavy atom. The Morgan fingerprint density at radius 1 is 1.14 bits per heavy atom. The van der Waals surface area contributed by atoms with E-state index in [4.69, 9.17) is 5.11 Å². The van der Waals surface area contributed by atoms with Crippen LogP contribution in [0.4, 0.5) is 0 Å². The second-order valence-electron chi connectivity index (χ2n) is 4.11. The largest absolute Gasteiger partial charge is 0.396 e. The van der Waals surface area contributed by atoms with Gasteiger partial charge >= 0.3 is 0 Å². The average Bonchev–Trinajstić information content (AvgIpc) is 2.20. The van der Waals surface area contributed by atoms with Crippen molar-refractivity contribution in [2.24, 2.45) is 5.92 Å². The average molecular weight is 198 g/mol. The number of rotatable bonds is 10. The fraction of sp³-hybridized carbons (Fsp3) is 0.846. The number of allylic oxidation sites excluding steroid dienone is 1. The van der Waals surface area contributed by atoms with Gasteiger partial charge in [-0.1, -0.05) is 51.5 Å². The topological polar surface area (TPSA) is 20.2 Å². The second kappa shape index (κ2) is 10.8. The zero-order valence-corrected chi connectivity index (χ0v) is 9.67. The van der Waals surface area contributed by atoms with Crippen LogP contribution in [0, 0.1) is 5.92 Å². The number of aliphatic hydroxyl groups excluding tert-OH is 1. The lowest BCUT2D eigenvalue weighted by Gasteiger charge is -2.13. The third kappa shape index (κ3) is 8.31. The minimum Gasteiger partial charge on any atom is -0.396 e. The highest BCUT2D eigenvalue weighted by molar-refractivity contribution is 4.73. The fourth-order valence-corrected chi connectivity index (χ4v) is 1.83. The van der Waals surface area contributed by atoms with Crippen molar-refractivity contribution in [1.29, 1.82) is 0 Å². The summed E-state index contributed by atoms with van der Waals surface area (Å²) in [4.78, 5) is 0. The molecule has 0 aliphatic carbocycles. The van der Waals surface area contributed by atoms with Crippen molar-refractivity contribution in [2.75, 3.05) is 6.61 Å². The molecule has 0 heterocycles. The van der Waals surface area contributed by atoms with Gasteiger partial charge in [-0.05, 0) is 18.8 Å². The first-order valence-corrected chi connectivity index (χ1v) is 6.06. The molecule has 0 fully saturated rings. The van der Waals surface area contributed by atoms with Crippen LogP contribution in [-0.4, -0.2) is 11.7 Å². The Hall–Kier alpha value is -0.300. The highest BCUT2D eigenvalue weighted by Gasteiger charge is 2.05. The Bertz CT molecular complexity index is 120. The molecule has 0 aliphatic rings. The summed E-state index contributed by atoms with van der Waals surface area (Å²) < 4.78 is 0. The Labute approximate surface area is 89.2 Å². The van der Waals surface area contributed by atoms with E-state index in [0.717, 1.165) is 12.3 Å². The lowest BCUT2D eigenvalue weighted by molar-refractivity contribution is 0.279. The summed E-state index contributed by atoms with van der Waals surface area (Å²) in [6.07, 6.45) is 11.9. The zero-order chi connectivity index (χ0) is 10.6. The molecule has 1 atom stereocenters. The van der Waals surface area contributed by atoms with Gasteiger partial charge in [0.2, 0.25) is 0 Å². The third-order valence-corrected chi connectivity index (χ3v) is 2.74. The molecule has 0 spiro atoms. The van der Waals surface area contributed by atoms with Crippen LogP contribution in [0.15, 0.2) is 12.7 Å². The standard InChI is InChI=1S/C13H26O/c1-3-5-10-13(9-4-2)11-7-6-8-12-14/h4,13-14H,2-3,5-12H2,1H3. The highest BCUT2D eigenvalue weighted by atomic mass is 16.2. The molecule has 0 aliphatic heterocycles. The summed E-state index contributed by atoms with van der Waals surface area (Å²) in [6, 6.07) is 0. The lowest BCUT2D eigenvalue weighted by atomic mass is 9.92. The van der Waals surface area contributed by atoms with Gasteiger partial charge in [-0.15, -0.1) is 6.58 Å². The first-order chi connectivity index (χ1) is 6.85. The molecule has 0 rings (SSSR count). The predicted molar refractivity (Wildman–Crippen MR) is 63.4 cm³/mol. The summed E-state index contributed by atoms with van der Waals surface area (Å²) in [7, 11) is 0. The number of hydrogen-bond donors (Lipinski definition) is 1. The first-order valence-electron chi connectivity index (χ1n) is 6.06. The molecular weight excluding hydrogens is 172 g/mol. The lowest BCUT2D eigenvalue weighted by Crippen LogP contribution is -1.99. The normalized spacial score (nSPS) is 12.7. The highest BCUT2D eigenvalue weighted by Crippen LogP contribution is 2.20. The molecule has 1 nitrogen and oxygen atoms in total. The molecule has 0 bridgehead atoms. The van der Waals surface area contributed by atoms with Crippen molar-refractivity contribution in [2.45, 2.75) is 58.3 Å². The van der Waals surface area contributed by atoms with Crippen molar-refractivity contribution < 1.29 is 5.11 Å². The molecule has 0 radical (unpaired) electrons. The molecular formula is C13H26O. The van der Waals surface area contributed by atoms with Crippen LogP contribution in [0.1, 0.15) is 58.3 Å². The Balaban J connectivity index is 3.45. The van der Waals surface area contributed by atoms with E-state index in [1.165, 1.54) is 44.9 Å². The van der Waals surface area contributed by atoms with E-state index in [1.54, 1.807) is 0 Å². The van der Waals surface area contributed by atoms with E-state index in [1.807, 2.05) is 6.08 Å². The van der Waals surface area contributed by atoms with E-state index in [-0.39, 0.29) is 0 Å². The van der Waals surface area contributed by atoms with Crippen molar-refractivity contribution in [3.63, 3.8) is 0 Å². The van der Waals surface area contributed by atoms with Crippen molar-refractivity contribution >= 4 is 0 Å². The second-order valence-corrected chi connectivity index (χ2v) is 4.11. The van der Waals surface area contributed by atoms with E-state index in [0.29, 0.717) is 6.61 Å². The van der Waals surface area contributed by atoms with Crippen LogP contribution in [-0.2, 0) is 0 Å². The maximum absolute atomic E-state index is 8.66. The van der Waals surface area contributed by atoms with Gasteiger partial charge in [-0.3, -0.25) is 0 Å². The zero-order valence-electron chi connectivity index (χ0n) is 9.67. The van der Waals surface area contributed by atoms with E-state index in [2.05, 4.69) is 13.5 Å². The molecule has 14 heavy (non-hydrogen) atoms. The SMILES string of the molecule is C=CCC(CCCC)CCCCCO. The van der Waals surface area contributed by atoms with Crippen molar-refractivity contribution in [3.8, 4) is 0 Å². The summed E-state index contributed by atoms with van der Waals surface area (Å²) in [5, 5.41) is 8.66. The third-order valence-electron chi connectivity index (χ3n) is 2.74. The quantitative estimate of drug-likeness (QED) is 0.416. The first kappa shape index (κ1) is 13.7. The molecule has 0 aromatic heterocycles. The van der Waals surface area contributed by atoms with Gasteiger partial charge in [0.15, 0.2) is 0 Å². The van der Waals surface area contributed by atoms with Gasteiger partial charge in [-0.2, -0.15) is 0 Å². The Morgan fingerprint density at radius 3 is 2.43 bits per heavy atom. The molecule has 84 valence electrons. The maximum Gasteiger partial charge on any atom is 0.0431 e. The minimum absolute atomic E-state index is 0.348. The van der Waals surface area contributed by atoms with Crippen LogP contribution in [0.25, 0.3) is 0 Å². The predicted octanol–water partition coefficient (Wildman–Crippen LogP) is 3.92. The van der Waals surface area contributed by atoms with E-state index < -0.39 is 0 Å². The van der Waals surface area contributed by atoms with Crippen LogP contribution < -0.4 is 0 Å². The van der Waals surface area contributed by atoms with Crippen molar-refractivity contribution in [3.05, 3.63) is 12.7 Å². The molecule has 0 aromatic rings. The smallest absolute Gasteiger partial charge is 0.0431 e. The molecule has 0 amide bonds. The number of aliphatic hydroxyl groups is 1. The van der Waals surface area contributed by atoms with Gasteiger partial charge in [0, 0.05) is 6.61 Å². The van der Waals surface area contributed by atoms with Gasteiger partial charge in [0.1, 0.15) is 0 Å². The molecule has 1 unspecified atom stereocenters. The van der Waals surface area contributed by atoms with Crippen LogP contribution in [0.5, 0.6) is 0 Å². The van der Waals surface area contributed by atoms with Gasteiger partial charge in [0.05, 0.1) is 0 Å². The number of unbranched alkanes of at least 4 members (excludes halogenated alkanes) is 3. The van der Waals surface area contributed by atoms with E-state index >= 15 is 0 Å². The molecule has 1 N–H and O–H groups in total. The summed E-state index contributed by atoms with van der Waals surface area (Å²) in [5.74, 6) is 0.839. The summed E-state index contributed by atoms with van der Waals surface area (Å²) in [6.45, 7) is 6.41. The van der Waals surface area contributed by atoms with E-state index in [9.17, 15) is 0 Å². The van der Waals surface area contributed by atoms with Crippen molar-refractivity contribution in [1.82, 2.24) is 0 Å². The Kier molecular flexibility index (Phi) is 10.5. The van der Waals surface area contributed by atoms with Gasteiger partial charge in [0.25, 0.3) is 0 Å². The van der Waals surface area contributed by atoms with Crippen LogP contribution in [0.2, 0.25) is 0 Å². The fourth-order valence-electron chi connectivity index (χ4n) is 1.83. The van der Waals surface area contributed by atoms with Crippen LogP contribution >= 0.6 is 0 Å². The van der Waals surface area contributed by atoms with Crippen LogP contribution in [0.3, 0.4) is 0 Å². The minimum atomic E-state index is 0.348. The summed E-state index contributed by atoms with van der Waals surface area (Å²) in [5.41, 5.74) is 0. The molecule has 0 saturated heterocycles. The maximum atomic E-state index is 8.66. The molecule has 1 heteroatoms. The molecule has 0 saturated carbocycles. The van der Waals surface area contributed by atoms with Gasteiger partial charge in [-0.25, -0.2) is 0 Å². The monoisotopic (exact) mass is 198 g/mol. The molecule has 0 aromatic carbocycles. The van der Waals surface area contributed by atoms with Gasteiger partial charge < -0.3 is 5.11 Å². The number of hydrogen-bond acceptors (Lipinski definition) is 1.